The first-order valence-electron chi connectivity index (χ1n) is 8.73. The summed E-state index contributed by atoms with van der Waals surface area (Å²) >= 11 is 0. The van der Waals surface area contributed by atoms with Gasteiger partial charge in [0.05, 0.1) is 19.8 Å². The minimum absolute atomic E-state index is 0.0313. The summed E-state index contributed by atoms with van der Waals surface area (Å²) in [5.41, 5.74) is 0.628. The number of amides is 1. The number of methoxy groups -OCH3 is 1. The van der Waals surface area contributed by atoms with E-state index in [1.165, 1.54) is 0 Å². The molecule has 25 heavy (non-hydrogen) atoms. The first-order chi connectivity index (χ1) is 12.1. The summed E-state index contributed by atoms with van der Waals surface area (Å²) in [5, 5.41) is 0. The fourth-order valence-electron chi connectivity index (χ4n) is 3.40. The molecule has 1 aliphatic rings. The second-order valence-corrected chi connectivity index (χ2v) is 6.23. The number of piperidine rings is 1. The fraction of sp³-hybridized carbons (Fsp3) is 0.474. The smallest absolute Gasteiger partial charge is 0.254 e. The van der Waals surface area contributed by atoms with Crippen LogP contribution in [-0.4, -0.2) is 47.2 Å². The molecular formula is C19H25N3O3. The molecule has 0 spiro atoms. The van der Waals surface area contributed by atoms with Crippen molar-refractivity contribution in [1.29, 1.82) is 0 Å². The molecule has 1 atom stereocenters. The Morgan fingerprint density at radius 3 is 2.88 bits per heavy atom. The maximum atomic E-state index is 12.9. The molecule has 0 unspecified atom stereocenters. The van der Waals surface area contributed by atoms with E-state index in [9.17, 15) is 4.79 Å². The number of hydrogen-bond acceptors (Lipinski definition) is 4. The second-order valence-electron chi connectivity index (χ2n) is 6.23. The number of ether oxygens (including phenoxy) is 2. The first-order valence-corrected chi connectivity index (χ1v) is 8.73. The molecule has 1 aromatic heterocycles. The Bertz CT molecular complexity index is 741. The largest absolute Gasteiger partial charge is 0.493 e. The van der Waals surface area contributed by atoms with E-state index in [4.69, 9.17) is 9.47 Å². The monoisotopic (exact) mass is 343 g/mol. The highest BCUT2D eigenvalue weighted by Crippen LogP contribution is 2.30. The second kappa shape index (κ2) is 7.59. The van der Waals surface area contributed by atoms with Gasteiger partial charge >= 0.3 is 0 Å². The van der Waals surface area contributed by atoms with Crippen LogP contribution in [0.25, 0.3) is 0 Å². The highest BCUT2D eigenvalue weighted by atomic mass is 16.5. The Kier molecular flexibility index (Phi) is 5.26. The molecule has 6 nitrogen and oxygen atoms in total. The minimum Gasteiger partial charge on any atom is -0.493 e. The van der Waals surface area contributed by atoms with E-state index < -0.39 is 0 Å². The number of aromatic nitrogens is 2. The van der Waals surface area contributed by atoms with Gasteiger partial charge in [-0.05, 0) is 44.9 Å². The number of rotatable bonds is 5. The molecule has 0 aliphatic carbocycles. The van der Waals surface area contributed by atoms with Crippen LogP contribution in [0.3, 0.4) is 0 Å². The third-order valence-electron chi connectivity index (χ3n) is 4.65. The van der Waals surface area contributed by atoms with E-state index in [1.807, 2.05) is 37.2 Å². The van der Waals surface area contributed by atoms with E-state index in [2.05, 4.69) is 9.55 Å². The van der Waals surface area contributed by atoms with Crippen LogP contribution in [0.1, 0.15) is 42.0 Å². The van der Waals surface area contributed by atoms with Crippen LogP contribution in [0.4, 0.5) is 0 Å². The lowest BCUT2D eigenvalue weighted by Gasteiger charge is -2.34. The van der Waals surface area contributed by atoms with Gasteiger partial charge in [-0.3, -0.25) is 4.79 Å². The molecule has 0 N–H and O–H groups in total. The zero-order chi connectivity index (χ0) is 17.8. The summed E-state index contributed by atoms with van der Waals surface area (Å²) in [5.74, 6) is 2.27. The third-order valence-corrected chi connectivity index (χ3v) is 4.65. The van der Waals surface area contributed by atoms with Crippen LogP contribution < -0.4 is 9.47 Å². The zero-order valence-electron chi connectivity index (χ0n) is 15.1. The summed E-state index contributed by atoms with van der Waals surface area (Å²) in [6.45, 7) is 5.95. The lowest BCUT2D eigenvalue weighted by Crippen LogP contribution is -2.40. The molecular weight excluding hydrogens is 318 g/mol. The molecule has 3 rings (SSSR count). The molecule has 0 radical (unpaired) electrons. The minimum atomic E-state index is 0.0313. The average Bonchev–Trinajstić information content (AvgIpc) is 3.08. The molecule has 134 valence electrons. The van der Waals surface area contributed by atoms with Crippen LogP contribution in [0.5, 0.6) is 11.5 Å². The third kappa shape index (κ3) is 3.62. The van der Waals surface area contributed by atoms with Gasteiger partial charge in [0.2, 0.25) is 0 Å². The lowest BCUT2D eigenvalue weighted by atomic mass is 10.0. The number of carbonyl (C=O) groups excluding carboxylic acids is 1. The van der Waals surface area contributed by atoms with Gasteiger partial charge in [-0.1, -0.05) is 0 Å². The quantitative estimate of drug-likeness (QED) is 0.837. The summed E-state index contributed by atoms with van der Waals surface area (Å²) in [6.07, 6.45) is 5.86. The van der Waals surface area contributed by atoms with Gasteiger partial charge in [-0.2, -0.15) is 0 Å². The summed E-state index contributed by atoms with van der Waals surface area (Å²) in [6, 6.07) is 5.66. The molecule has 1 aliphatic heterocycles. The van der Waals surface area contributed by atoms with Crippen LogP contribution >= 0.6 is 0 Å². The van der Waals surface area contributed by atoms with Crippen LogP contribution in [-0.2, 0) is 0 Å². The standard InChI is InChI=1S/C19H25N3O3/c1-4-25-17-8-7-15(12-18(17)24-3)19(23)21-10-5-6-16(13-21)22-11-9-20-14(22)2/h7-9,11-12,16H,4-6,10,13H2,1-3H3/t16-/m1/s1. The van der Waals surface area contributed by atoms with Crippen molar-refractivity contribution in [3.63, 3.8) is 0 Å². The van der Waals surface area contributed by atoms with Crippen LogP contribution in [0.2, 0.25) is 0 Å². The first kappa shape index (κ1) is 17.3. The van der Waals surface area contributed by atoms with Crippen molar-refractivity contribution in [2.45, 2.75) is 32.7 Å². The number of nitrogens with zero attached hydrogens (tertiary/aromatic N) is 3. The normalized spacial score (nSPS) is 17.4. The van der Waals surface area contributed by atoms with Crippen molar-refractivity contribution in [3.8, 4) is 11.5 Å². The molecule has 0 saturated carbocycles. The SMILES string of the molecule is CCOc1ccc(C(=O)N2CCC[C@@H](n3ccnc3C)C2)cc1OC. The van der Waals surface area contributed by atoms with Crippen molar-refractivity contribution in [3.05, 3.63) is 42.0 Å². The van der Waals surface area contributed by atoms with Gasteiger partial charge in [0.1, 0.15) is 5.82 Å². The predicted octanol–water partition coefficient (Wildman–Crippen LogP) is 3.08. The number of imidazole rings is 1. The number of carbonyl (C=O) groups is 1. The molecule has 2 aromatic rings. The van der Waals surface area contributed by atoms with Gasteiger partial charge in [0.25, 0.3) is 5.91 Å². The number of aryl methyl sites for hydroxylation is 1. The summed E-state index contributed by atoms with van der Waals surface area (Å²) in [7, 11) is 1.59. The Balaban J connectivity index is 1.77. The lowest BCUT2D eigenvalue weighted by molar-refractivity contribution is 0.0678. The van der Waals surface area contributed by atoms with E-state index in [-0.39, 0.29) is 11.9 Å². The Hall–Kier alpha value is -2.50. The maximum Gasteiger partial charge on any atom is 0.254 e. The highest BCUT2D eigenvalue weighted by Gasteiger charge is 2.26. The van der Waals surface area contributed by atoms with Gasteiger partial charge in [0, 0.05) is 31.0 Å². The number of hydrogen-bond donors (Lipinski definition) is 0. The molecule has 1 fully saturated rings. The van der Waals surface area contributed by atoms with Gasteiger partial charge < -0.3 is 18.9 Å². The molecule has 2 heterocycles. The Morgan fingerprint density at radius 2 is 2.20 bits per heavy atom. The van der Waals surface area contributed by atoms with Gasteiger partial charge in [0.15, 0.2) is 11.5 Å². The van der Waals surface area contributed by atoms with Gasteiger partial charge in [-0.25, -0.2) is 4.98 Å². The summed E-state index contributed by atoms with van der Waals surface area (Å²) in [4.78, 5) is 19.2. The molecule has 0 bridgehead atoms. The Morgan fingerprint density at radius 1 is 1.36 bits per heavy atom. The maximum absolute atomic E-state index is 12.9. The van der Waals surface area contributed by atoms with Crippen LogP contribution in [0.15, 0.2) is 30.6 Å². The van der Waals surface area contributed by atoms with Crippen LogP contribution in [0, 0.1) is 6.92 Å². The number of benzene rings is 1. The Labute approximate surface area is 148 Å². The fourth-order valence-corrected chi connectivity index (χ4v) is 3.40. The predicted molar refractivity (Wildman–Crippen MR) is 95.3 cm³/mol. The van der Waals surface area contributed by atoms with Crippen molar-refractivity contribution in [2.75, 3.05) is 26.8 Å². The molecule has 1 amide bonds. The van der Waals surface area contributed by atoms with E-state index >= 15 is 0 Å². The van der Waals surface area contributed by atoms with Gasteiger partial charge in [-0.15, -0.1) is 0 Å². The van der Waals surface area contributed by atoms with Crippen molar-refractivity contribution in [1.82, 2.24) is 14.5 Å². The van der Waals surface area contributed by atoms with Crippen molar-refractivity contribution < 1.29 is 14.3 Å². The summed E-state index contributed by atoms with van der Waals surface area (Å²) < 4.78 is 13.1. The number of likely N-dealkylation sites (tertiary alicyclic amines) is 1. The highest BCUT2D eigenvalue weighted by molar-refractivity contribution is 5.95. The molecule has 6 heteroatoms. The van der Waals surface area contributed by atoms with Crippen molar-refractivity contribution >= 4 is 5.91 Å². The average molecular weight is 343 g/mol. The molecule has 1 aromatic carbocycles. The zero-order valence-corrected chi connectivity index (χ0v) is 15.1. The van der Waals surface area contributed by atoms with E-state index in [1.54, 1.807) is 19.2 Å². The molecule has 1 saturated heterocycles. The topological polar surface area (TPSA) is 56.6 Å². The van der Waals surface area contributed by atoms with Crippen molar-refractivity contribution in [2.24, 2.45) is 0 Å². The van der Waals surface area contributed by atoms with E-state index in [0.29, 0.717) is 30.2 Å². The van der Waals surface area contributed by atoms with E-state index in [0.717, 1.165) is 25.2 Å².